The Kier molecular flexibility index (Phi) is 6.22. The molecule has 8 nitrogen and oxygen atoms in total. The number of rotatable bonds is 6. The van der Waals surface area contributed by atoms with Crippen LogP contribution in [0.5, 0.6) is 0 Å². The van der Waals surface area contributed by atoms with Gasteiger partial charge in [-0.2, -0.15) is 18.3 Å². The highest BCUT2D eigenvalue weighted by Crippen LogP contribution is 2.40. The minimum absolute atomic E-state index is 0.0314. The first-order valence-electron chi connectivity index (χ1n) is 11.5. The molecule has 2 fully saturated rings. The average molecular weight is 509 g/mol. The Morgan fingerprint density at radius 2 is 2.03 bits per heavy atom. The van der Waals surface area contributed by atoms with E-state index in [2.05, 4.69) is 25.6 Å². The predicted octanol–water partition coefficient (Wildman–Crippen LogP) is 3.09. The van der Waals surface area contributed by atoms with Crippen molar-refractivity contribution in [1.82, 2.24) is 25.0 Å². The number of aliphatic hydroxyl groups is 1. The fraction of sp³-hybridized carbons (Fsp3) is 0.522. The van der Waals surface area contributed by atoms with E-state index >= 15 is 0 Å². The number of halogens is 3. The second kappa shape index (κ2) is 9.07. The van der Waals surface area contributed by atoms with Crippen molar-refractivity contribution in [2.24, 2.45) is 7.05 Å². The van der Waals surface area contributed by atoms with Gasteiger partial charge in [-0.25, -0.2) is 0 Å². The first-order chi connectivity index (χ1) is 16.6. The maximum atomic E-state index is 13.1. The molecule has 2 aliphatic rings. The van der Waals surface area contributed by atoms with Crippen molar-refractivity contribution in [2.75, 3.05) is 25.0 Å². The largest absolute Gasteiger partial charge is 0.416 e. The van der Waals surface area contributed by atoms with Crippen molar-refractivity contribution in [2.45, 2.75) is 49.5 Å². The van der Waals surface area contributed by atoms with E-state index in [4.69, 9.17) is 0 Å². The normalized spacial score (nSPS) is 23.9. The fourth-order valence-corrected chi connectivity index (χ4v) is 5.84. The number of carbonyl (C=O) groups excluding carboxylic acids is 1. The molecule has 3 aromatic rings. The van der Waals surface area contributed by atoms with Gasteiger partial charge in [0.25, 0.3) is 0 Å². The second-order valence-electron chi connectivity index (χ2n) is 9.40. The predicted molar refractivity (Wildman–Crippen MR) is 126 cm³/mol. The number of nitrogens with zero attached hydrogens (tertiary/aromatic N) is 4. The van der Waals surface area contributed by atoms with Gasteiger partial charge in [-0.1, -0.05) is 0 Å². The van der Waals surface area contributed by atoms with Gasteiger partial charge in [-0.3, -0.25) is 19.4 Å². The molecule has 1 amide bonds. The van der Waals surface area contributed by atoms with E-state index in [0.29, 0.717) is 29.8 Å². The van der Waals surface area contributed by atoms with Crippen molar-refractivity contribution in [3.05, 3.63) is 40.3 Å². The monoisotopic (exact) mass is 508 g/mol. The first kappa shape index (κ1) is 24.0. The Morgan fingerprint density at radius 3 is 2.69 bits per heavy atom. The van der Waals surface area contributed by atoms with Crippen LogP contribution in [0.1, 0.15) is 36.1 Å². The number of alkyl halides is 3. The fourth-order valence-electron chi connectivity index (χ4n) is 5.05. The molecule has 3 heterocycles. The van der Waals surface area contributed by atoms with Crippen LogP contribution in [0.3, 0.4) is 0 Å². The van der Waals surface area contributed by atoms with Crippen molar-refractivity contribution >= 4 is 34.0 Å². The average Bonchev–Trinajstić information content (AvgIpc) is 3.44. The zero-order valence-corrected chi connectivity index (χ0v) is 20.0. The molecule has 1 aliphatic carbocycles. The third kappa shape index (κ3) is 4.87. The van der Waals surface area contributed by atoms with E-state index < -0.39 is 17.3 Å². The first-order valence-corrected chi connectivity index (χ1v) is 12.4. The summed E-state index contributed by atoms with van der Waals surface area (Å²) in [6.07, 6.45) is 0.480. The van der Waals surface area contributed by atoms with Crippen LogP contribution in [-0.4, -0.2) is 62.4 Å². The molecule has 2 aromatic heterocycles. The standard InChI is InChI=1S/C23H27F3N6O2S/c1-31-18-3-2-14(23(24,25)26)8-17(18)21(30-31)28-10-20(33)29-15-11-32(12-15)16-4-6-22(34,7-5-16)19-9-27-13-35-19/h2-3,8-9,13,15-16,34H,4-7,10-12H2,1H3,(H,28,30)(H,29,33). The summed E-state index contributed by atoms with van der Waals surface area (Å²) in [4.78, 5) is 19.8. The van der Waals surface area contributed by atoms with Gasteiger partial charge in [0, 0.05) is 37.8 Å². The number of likely N-dealkylation sites (tertiary alicyclic amines) is 1. The van der Waals surface area contributed by atoms with Gasteiger partial charge in [0.2, 0.25) is 5.91 Å². The number of hydrogen-bond donors (Lipinski definition) is 3. The lowest BCUT2D eigenvalue weighted by Gasteiger charge is -2.48. The molecule has 1 saturated carbocycles. The Hall–Kier alpha value is -2.70. The van der Waals surface area contributed by atoms with Crippen LogP contribution >= 0.6 is 11.3 Å². The quantitative estimate of drug-likeness (QED) is 0.474. The summed E-state index contributed by atoms with van der Waals surface area (Å²) >= 11 is 1.49. The van der Waals surface area contributed by atoms with Gasteiger partial charge < -0.3 is 15.7 Å². The topological polar surface area (TPSA) is 95.3 Å². The van der Waals surface area contributed by atoms with Gasteiger partial charge in [-0.15, -0.1) is 11.3 Å². The molecule has 3 N–H and O–H groups in total. The van der Waals surface area contributed by atoms with Crippen LogP contribution in [0.15, 0.2) is 29.9 Å². The van der Waals surface area contributed by atoms with Crippen LogP contribution in [-0.2, 0) is 23.6 Å². The number of fused-ring (bicyclic) bond motifs is 1. The minimum Gasteiger partial charge on any atom is -0.384 e. The highest BCUT2D eigenvalue weighted by atomic mass is 32.1. The van der Waals surface area contributed by atoms with Crippen LogP contribution < -0.4 is 10.6 Å². The summed E-state index contributed by atoms with van der Waals surface area (Å²) < 4.78 is 40.8. The summed E-state index contributed by atoms with van der Waals surface area (Å²) in [6, 6.07) is 3.87. The summed E-state index contributed by atoms with van der Waals surface area (Å²) in [5.41, 5.74) is 0.754. The number of aryl methyl sites for hydroxylation is 1. The molecule has 5 rings (SSSR count). The van der Waals surface area contributed by atoms with Crippen LogP contribution in [0.25, 0.3) is 10.9 Å². The molecule has 0 unspecified atom stereocenters. The molecule has 1 saturated heterocycles. The molecule has 0 radical (unpaired) electrons. The van der Waals surface area contributed by atoms with Gasteiger partial charge in [0.15, 0.2) is 5.82 Å². The number of amides is 1. The number of benzene rings is 1. The smallest absolute Gasteiger partial charge is 0.384 e. The van der Waals surface area contributed by atoms with E-state index in [1.165, 1.54) is 22.1 Å². The summed E-state index contributed by atoms with van der Waals surface area (Å²) in [7, 11) is 1.65. The van der Waals surface area contributed by atoms with Gasteiger partial charge in [0.05, 0.1) is 34.1 Å². The lowest BCUT2D eigenvalue weighted by Crippen LogP contribution is -2.63. The van der Waals surface area contributed by atoms with Crippen molar-refractivity contribution in [1.29, 1.82) is 0 Å². The van der Waals surface area contributed by atoms with Crippen molar-refractivity contribution < 1.29 is 23.1 Å². The van der Waals surface area contributed by atoms with E-state index in [0.717, 1.165) is 42.9 Å². The number of carbonyl (C=O) groups is 1. The summed E-state index contributed by atoms with van der Waals surface area (Å²) in [5.74, 6) is 0.0123. The lowest BCUT2D eigenvalue weighted by atomic mass is 9.80. The summed E-state index contributed by atoms with van der Waals surface area (Å²) in [5, 5.41) is 21.3. The number of aromatic nitrogens is 3. The lowest BCUT2D eigenvalue weighted by molar-refractivity contribution is -0.137. The number of thiazole rings is 1. The molecule has 35 heavy (non-hydrogen) atoms. The molecule has 1 aromatic carbocycles. The Bertz CT molecular complexity index is 1200. The van der Waals surface area contributed by atoms with Crippen LogP contribution in [0, 0.1) is 0 Å². The van der Waals surface area contributed by atoms with Gasteiger partial charge in [0.1, 0.15) is 5.60 Å². The molecule has 0 spiro atoms. The number of nitrogens with one attached hydrogen (secondary N) is 2. The van der Waals surface area contributed by atoms with Crippen LogP contribution in [0.2, 0.25) is 0 Å². The summed E-state index contributed by atoms with van der Waals surface area (Å²) in [6.45, 7) is 1.41. The highest BCUT2D eigenvalue weighted by molar-refractivity contribution is 7.09. The van der Waals surface area contributed by atoms with E-state index in [1.54, 1.807) is 18.8 Å². The van der Waals surface area contributed by atoms with Gasteiger partial charge in [-0.05, 0) is 43.9 Å². The van der Waals surface area contributed by atoms with Crippen molar-refractivity contribution in [3.8, 4) is 0 Å². The SMILES string of the molecule is Cn1nc(NCC(=O)NC2CN(C3CCC(O)(c4cncs4)CC3)C2)c2cc(C(F)(F)F)ccc21. The minimum atomic E-state index is -4.45. The molecular formula is C23H27F3N6O2S. The molecule has 0 bridgehead atoms. The van der Waals surface area contributed by atoms with E-state index in [-0.39, 0.29) is 24.3 Å². The molecule has 188 valence electrons. The third-order valence-electron chi connectivity index (χ3n) is 7.06. The van der Waals surface area contributed by atoms with Crippen molar-refractivity contribution in [3.63, 3.8) is 0 Å². The zero-order valence-electron chi connectivity index (χ0n) is 19.2. The highest BCUT2D eigenvalue weighted by Gasteiger charge is 2.41. The Balaban J connectivity index is 1.10. The molecular weight excluding hydrogens is 481 g/mol. The third-order valence-corrected chi connectivity index (χ3v) is 8.03. The zero-order chi connectivity index (χ0) is 24.8. The second-order valence-corrected chi connectivity index (χ2v) is 10.3. The maximum absolute atomic E-state index is 13.1. The molecule has 1 aliphatic heterocycles. The van der Waals surface area contributed by atoms with E-state index in [9.17, 15) is 23.1 Å². The van der Waals surface area contributed by atoms with E-state index in [1.807, 2.05) is 0 Å². The molecule has 12 heteroatoms. The maximum Gasteiger partial charge on any atom is 0.416 e. The molecule has 0 atom stereocenters. The van der Waals surface area contributed by atoms with Crippen LogP contribution in [0.4, 0.5) is 19.0 Å². The Labute approximate surface area is 204 Å². The Morgan fingerprint density at radius 1 is 1.29 bits per heavy atom. The number of hydrogen-bond acceptors (Lipinski definition) is 7. The number of anilines is 1. The van der Waals surface area contributed by atoms with Gasteiger partial charge >= 0.3 is 6.18 Å².